The summed E-state index contributed by atoms with van der Waals surface area (Å²) in [5.41, 5.74) is 2.08. The van der Waals surface area contributed by atoms with Crippen LogP contribution in [0.5, 0.6) is 11.5 Å². The highest BCUT2D eigenvalue weighted by atomic mass is 79.9. The van der Waals surface area contributed by atoms with E-state index in [2.05, 4.69) is 15.9 Å². The maximum atomic E-state index is 11.5. The summed E-state index contributed by atoms with van der Waals surface area (Å²) in [5.74, 6) is 1.25. The Hall–Kier alpha value is -1.85. The summed E-state index contributed by atoms with van der Waals surface area (Å²) in [6.45, 7) is 1.66. The molecule has 0 atom stereocenters. The molecule has 0 fully saturated rings. The lowest BCUT2D eigenvalue weighted by molar-refractivity contribution is 0.101. The van der Waals surface area contributed by atoms with Gasteiger partial charge in [0.1, 0.15) is 18.1 Å². The smallest absolute Gasteiger partial charge is 0.159 e. The predicted octanol–water partition coefficient (Wildman–Crippen LogP) is 3.73. The normalized spacial score (nSPS) is 10.4. The van der Waals surface area contributed by atoms with E-state index in [1.165, 1.54) is 6.92 Å². The number of rotatable bonds is 6. The van der Waals surface area contributed by atoms with E-state index in [0.717, 1.165) is 10.0 Å². The summed E-state index contributed by atoms with van der Waals surface area (Å²) >= 11 is 3.36. The SMILES string of the molecule is COc1ccc(C(C)=O)cc1COc1ccc(Br)cc1CO. The lowest BCUT2D eigenvalue weighted by Gasteiger charge is -2.13. The predicted molar refractivity (Wildman–Crippen MR) is 87.4 cm³/mol. The van der Waals surface area contributed by atoms with Gasteiger partial charge in [-0.3, -0.25) is 4.79 Å². The van der Waals surface area contributed by atoms with Gasteiger partial charge in [-0.05, 0) is 43.3 Å². The molecule has 2 rings (SSSR count). The number of Topliss-reactive ketones (excluding diaryl/α,β-unsaturated/α-hetero) is 1. The molecule has 2 aromatic rings. The molecule has 4 nitrogen and oxygen atoms in total. The summed E-state index contributed by atoms with van der Waals surface area (Å²) in [5, 5.41) is 9.39. The molecule has 1 N–H and O–H groups in total. The van der Waals surface area contributed by atoms with Gasteiger partial charge in [0.05, 0.1) is 13.7 Å². The molecular weight excluding hydrogens is 348 g/mol. The van der Waals surface area contributed by atoms with Crippen LogP contribution in [0.4, 0.5) is 0 Å². The minimum absolute atomic E-state index is 0.0106. The average Bonchev–Trinajstić information content (AvgIpc) is 2.53. The number of hydrogen-bond donors (Lipinski definition) is 1. The molecule has 0 aromatic heterocycles. The molecule has 0 aliphatic rings. The van der Waals surface area contributed by atoms with Crippen LogP contribution in [0.25, 0.3) is 0 Å². The van der Waals surface area contributed by atoms with Crippen molar-refractivity contribution in [3.8, 4) is 11.5 Å². The lowest BCUT2D eigenvalue weighted by atomic mass is 10.1. The number of carbonyl (C=O) groups excluding carboxylic acids is 1. The van der Waals surface area contributed by atoms with Crippen LogP contribution >= 0.6 is 15.9 Å². The van der Waals surface area contributed by atoms with E-state index in [4.69, 9.17) is 9.47 Å². The van der Waals surface area contributed by atoms with Crippen LogP contribution in [0.3, 0.4) is 0 Å². The van der Waals surface area contributed by atoms with Crippen LogP contribution in [0, 0.1) is 0 Å². The van der Waals surface area contributed by atoms with E-state index in [9.17, 15) is 9.90 Å². The Morgan fingerprint density at radius 1 is 1.14 bits per heavy atom. The Morgan fingerprint density at radius 2 is 1.86 bits per heavy atom. The second-order valence-corrected chi connectivity index (χ2v) is 5.70. The molecular formula is C17H17BrO4. The first-order valence-corrected chi connectivity index (χ1v) is 7.54. The van der Waals surface area contributed by atoms with E-state index in [1.54, 1.807) is 37.4 Å². The Morgan fingerprint density at radius 3 is 2.50 bits per heavy atom. The molecule has 0 radical (unpaired) electrons. The largest absolute Gasteiger partial charge is 0.496 e. The molecule has 0 aliphatic carbocycles. The maximum Gasteiger partial charge on any atom is 0.159 e. The van der Waals surface area contributed by atoms with Gasteiger partial charge in [-0.25, -0.2) is 0 Å². The van der Waals surface area contributed by atoms with Gasteiger partial charge in [-0.15, -0.1) is 0 Å². The lowest BCUT2D eigenvalue weighted by Crippen LogP contribution is -2.03. The minimum atomic E-state index is -0.112. The highest BCUT2D eigenvalue weighted by Gasteiger charge is 2.10. The molecule has 2 aromatic carbocycles. The topological polar surface area (TPSA) is 55.8 Å². The molecule has 0 aliphatic heterocycles. The Kier molecular flexibility index (Phi) is 5.57. The van der Waals surface area contributed by atoms with Crippen LogP contribution in [0.15, 0.2) is 40.9 Å². The van der Waals surface area contributed by atoms with Crippen molar-refractivity contribution in [2.24, 2.45) is 0 Å². The average molecular weight is 365 g/mol. The van der Waals surface area contributed by atoms with Crippen molar-refractivity contribution in [2.75, 3.05) is 7.11 Å². The molecule has 0 saturated carbocycles. The zero-order valence-corrected chi connectivity index (χ0v) is 14.0. The van der Waals surface area contributed by atoms with Crippen LogP contribution < -0.4 is 9.47 Å². The second-order valence-electron chi connectivity index (χ2n) is 4.78. The molecule has 0 spiro atoms. The van der Waals surface area contributed by atoms with Crippen LogP contribution in [-0.4, -0.2) is 18.0 Å². The maximum absolute atomic E-state index is 11.5. The number of carbonyl (C=O) groups is 1. The summed E-state index contributed by atoms with van der Waals surface area (Å²) in [6.07, 6.45) is 0. The standard InChI is InChI=1S/C17H17BrO4/c1-11(20)12-3-5-16(21-2)14(7-12)10-22-17-6-4-15(18)8-13(17)9-19/h3-8,19H,9-10H2,1-2H3. The molecule has 5 heteroatoms. The van der Waals surface area contributed by atoms with Gasteiger partial charge < -0.3 is 14.6 Å². The fraction of sp³-hybridized carbons (Fsp3) is 0.235. The Labute approximate surface area is 137 Å². The van der Waals surface area contributed by atoms with Crippen molar-refractivity contribution in [1.29, 1.82) is 0 Å². The van der Waals surface area contributed by atoms with E-state index in [-0.39, 0.29) is 19.0 Å². The number of methoxy groups -OCH3 is 1. The van der Waals surface area contributed by atoms with Gasteiger partial charge in [-0.2, -0.15) is 0 Å². The fourth-order valence-electron chi connectivity index (χ4n) is 2.08. The molecule has 0 saturated heterocycles. The van der Waals surface area contributed by atoms with Crippen molar-refractivity contribution < 1.29 is 19.4 Å². The van der Waals surface area contributed by atoms with Crippen molar-refractivity contribution in [3.63, 3.8) is 0 Å². The van der Waals surface area contributed by atoms with Crippen LogP contribution in [-0.2, 0) is 13.2 Å². The number of halogens is 1. The molecule has 0 amide bonds. The summed E-state index contributed by atoms with van der Waals surface area (Å²) in [4.78, 5) is 11.5. The fourth-order valence-corrected chi connectivity index (χ4v) is 2.49. The minimum Gasteiger partial charge on any atom is -0.496 e. The van der Waals surface area contributed by atoms with Gasteiger partial charge in [0, 0.05) is 21.2 Å². The van der Waals surface area contributed by atoms with Crippen molar-refractivity contribution >= 4 is 21.7 Å². The second kappa shape index (κ2) is 7.42. The van der Waals surface area contributed by atoms with Crippen molar-refractivity contribution in [1.82, 2.24) is 0 Å². The Bertz CT molecular complexity index is 682. The highest BCUT2D eigenvalue weighted by molar-refractivity contribution is 9.10. The van der Waals surface area contributed by atoms with Gasteiger partial charge in [0.2, 0.25) is 0 Å². The summed E-state index contributed by atoms with van der Waals surface area (Å²) in [6, 6.07) is 10.7. The third-order valence-corrected chi connectivity index (χ3v) is 3.76. The number of ether oxygens (including phenoxy) is 2. The first kappa shape index (κ1) is 16.5. The molecule has 0 bridgehead atoms. The number of hydrogen-bond acceptors (Lipinski definition) is 4. The number of aliphatic hydroxyl groups is 1. The van der Waals surface area contributed by atoms with Gasteiger partial charge >= 0.3 is 0 Å². The van der Waals surface area contributed by atoms with E-state index < -0.39 is 0 Å². The number of aliphatic hydroxyl groups excluding tert-OH is 1. The van der Waals surface area contributed by atoms with E-state index in [1.807, 2.05) is 6.07 Å². The van der Waals surface area contributed by atoms with E-state index in [0.29, 0.717) is 22.6 Å². The quantitative estimate of drug-likeness (QED) is 0.793. The highest BCUT2D eigenvalue weighted by Crippen LogP contribution is 2.26. The molecule has 22 heavy (non-hydrogen) atoms. The van der Waals surface area contributed by atoms with Crippen molar-refractivity contribution in [2.45, 2.75) is 20.1 Å². The van der Waals surface area contributed by atoms with E-state index >= 15 is 0 Å². The zero-order chi connectivity index (χ0) is 16.1. The number of benzene rings is 2. The Balaban J connectivity index is 2.24. The van der Waals surface area contributed by atoms with Gasteiger partial charge in [-0.1, -0.05) is 15.9 Å². The van der Waals surface area contributed by atoms with Crippen molar-refractivity contribution in [3.05, 3.63) is 57.6 Å². The first-order chi connectivity index (χ1) is 10.5. The van der Waals surface area contributed by atoms with Gasteiger partial charge in [0.25, 0.3) is 0 Å². The monoisotopic (exact) mass is 364 g/mol. The zero-order valence-electron chi connectivity index (χ0n) is 12.4. The molecule has 0 unspecified atom stereocenters. The third-order valence-electron chi connectivity index (χ3n) is 3.26. The first-order valence-electron chi connectivity index (χ1n) is 6.75. The number of ketones is 1. The van der Waals surface area contributed by atoms with Gasteiger partial charge in [0.15, 0.2) is 5.78 Å². The molecule has 116 valence electrons. The molecule has 0 heterocycles. The summed E-state index contributed by atoms with van der Waals surface area (Å²) in [7, 11) is 1.57. The van der Waals surface area contributed by atoms with Crippen LogP contribution in [0.1, 0.15) is 28.4 Å². The third kappa shape index (κ3) is 3.87. The summed E-state index contributed by atoms with van der Waals surface area (Å²) < 4.78 is 11.9. The van der Waals surface area contributed by atoms with Crippen LogP contribution in [0.2, 0.25) is 0 Å².